The minimum Gasteiger partial charge on any atom is -0.326 e. The van der Waals surface area contributed by atoms with E-state index in [0.717, 1.165) is 12.5 Å². The molecule has 0 atom stereocenters. The third-order valence-corrected chi connectivity index (χ3v) is 3.63. The van der Waals surface area contributed by atoms with Gasteiger partial charge in [-0.3, -0.25) is 4.90 Å². The van der Waals surface area contributed by atoms with E-state index < -0.39 is 0 Å². The van der Waals surface area contributed by atoms with Crippen LogP contribution < -0.4 is 5.73 Å². The van der Waals surface area contributed by atoms with Crippen LogP contribution in [0.15, 0.2) is 24.3 Å². The molecule has 0 bridgehead atoms. The summed E-state index contributed by atoms with van der Waals surface area (Å²) in [5.74, 6) is 0.947. The van der Waals surface area contributed by atoms with Gasteiger partial charge in [-0.25, -0.2) is 0 Å². The topological polar surface area (TPSA) is 29.3 Å². The molecule has 0 aromatic heterocycles. The number of rotatable bonds is 6. The highest BCUT2D eigenvalue weighted by molar-refractivity contribution is 5.26. The van der Waals surface area contributed by atoms with E-state index in [-0.39, 0.29) is 0 Å². The standard InChI is InChI=1S/C15H24N2/c1-12(2)17(10-13-7-8-13)11-15-6-4-3-5-14(15)9-16/h3-6,12-13H,7-11,16H2,1-2H3. The van der Waals surface area contributed by atoms with Crippen LogP contribution in [-0.4, -0.2) is 17.5 Å². The van der Waals surface area contributed by atoms with Crippen LogP contribution in [0.4, 0.5) is 0 Å². The zero-order valence-corrected chi connectivity index (χ0v) is 11.0. The predicted molar refractivity (Wildman–Crippen MR) is 72.6 cm³/mol. The second-order valence-corrected chi connectivity index (χ2v) is 5.44. The van der Waals surface area contributed by atoms with Crippen LogP contribution in [0.2, 0.25) is 0 Å². The molecule has 1 aromatic rings. The van der Waals surface area contributed by atoms with Gasteiger partial charge in [-0.15, -0.1) is 0 Å². The Morgan fingerprint density at radius 2 is 1.88 bits per heavy atom. The Labute approximate surface area is 105 Å². The lowest BCUT2D eigenvalue weighted by Gasteiger charge is -2.27. The molecule has 0 saturated heterocycles. The number of hydrogen-bond acceptors (Lipinski definition) is 2. The van der Waals surface area contributed by atoms with E-state index in [0.29, 0.717) is 12.6 Å². The summed E-state index contributed by atoms with van der Waals surface area (Å²) in [4.78, 5) is 2.58. The van der Waals surface area contributed by atoms with Crippen molar-refractivity contribution in [3.8, 4) is 0 Å². The molecule has 94 valence electrons. The van der Waals surface area contributed by atoms with Crippen molar-refractivity contribution in [2.45, 2.75) is 45.8 Å². The highest BCUT2D eigenvalue weighted by Gasteiger charge is 2.25. The van der Waals surface area contributed by atoms with Crippen LogP contribution >= 0.6 is 0 Å². The van der Waals surface area contributed by atoms with E-state index in [1.165, 1.54) is 30.5 Å². The van der Waals surface area contributed by atoms with Gasteiger partial charge >= 0.3 is 0 Å². The molecular weight excluding hydrogens is 208 g/mol. The van der Waals surface area contributed by atoms with E-state index in [1.807, 2.05) is 0 Å². The third-order valence-electron chi connectivity index (χ3n) is 3.63. The fourth-order valence-corrected chi connectivity index (χ4v) is 2.22. The maximum absolute atomic E-state index is 5.80. The average Bonchev–Trinajstić information content (AvgIpc) is 3.12. The largest absolute Gasteiger partial charge is 0.326 e. The zero-order valence-electron chi connectivity index (χ0n) is 11.0. The first-order valence-electron chi connectivity index (χ1n) is 6.71. The maximum atomic E-state index is 5.80. The fraction of sp³-hybridized carbons (Fsp3) is 0.600. The van der Waals surface area contributed by atoms with E-state index in [9.17, 15) is 0 Å². The summed E-state index contributed by atoms with van der Waals surface area (Å²) < 4.78 is 0. The Morgan fingerprint density at radius 1 is 1.24 bits per heavy atom. The molecule has 0 aliphatic heterocycles. The summed E-state index contributed by atoms with van der Waals surface area (Å²) in [6.07, 6.45) is 2.84. The molecule has 0 unspecified atom stereocenters. The fourth-order valence-electron chi connectivity index (χ4n) is 2.22. The average molecular weight is 232 g/mol. The molecule has 1 saturated carbocycles. The Kier molecular flexibility index (Phi) is 4.19. The summed E-state index contributed by atoms with van der Waals surface area (Å²) in [6, 6.07) is 9.16. The van der Waals surface area contributed by atoms with E-state index in [1.54, 1.807) is 0 Å². The monoisotopic (exact) mass is 232 g/mol. The van der Waals surface area contributed by atoms with Gasteiger partial charge < -0.3 is 5.73 Å². The van der Waals surface area contributed by atoms with Crippen LogP contribution in [0.25, 0.3) is 0 Å². The Bertz CT molecular complexity index is 356. The molecule has 2 heteroatoms. The van der Waals surface area contributed by atoms with Gasteiger partial charge in [-0.05, 0) is 43.7 Å². The summed E-state index contributed by atoms with van der Waals surface area (Å²) in [7, 11) is 0. The first-order valence-corrected chi connectivity index (χ1v) is 6.71. The van der Waals surface area contributed by atoms with Crippen molar-refractivity contribution in [3.63, 3.8) is 0 Å². The summed E-state index contributed by atoms with van der Waals surface area (Å²) in [6.45, 7) is 7.50. The van der Waals surface area contributed by atoms with Crippen molar-refractivity contribution in [2.75, 3.05) is 6.54 Å². The van der Waals surface area contributed by atoms with E-state index >= 15 is 0 Å². The van der Waals surface area contributed by atoms with Crippen molar-refractivity contribution < 1.29 is 0 Å². The van der Waals surface area contributed by atoms with Gasteiger partial charge in [0.2, 0.25) is 0 Å². The molecule has 2 N–H and O–H groups in total. The second-order valence-electron chi connectivity index (χ2n) is 5.44. The van der Waals surface area contributed by atoms with Gasteiger partial charge in [0.25, 0.3) is 0 Å². The van der Waals surface area contributed by atoms with E-state index in [2.05, 4.69) is 43.0 Å². The first kappa shape index (κ1) is 12.6. The van der Waals surface area contributed by atoms with Gasteiger partial charge in [0.1, 0.15) is 0 Å². The minimum absolute atomic E-state index is 0.612. The summed E-state index contributed by atoms with van der Waals surface area (Å²) in [5.41, 5.74) is 8.48. The highest BCUT2D eigenvalue weighted by Crippen LogP contribution is 2.31. The highest BCUT2D eigenvalue weighted by atomic mass is 15.1. The SMILES string of the molecule is CC(C)N(Cc1ccccc1CN)CC1CC1. The van der Waals surface area contributed by atoms with Gasteiger partial charge in [-0.2, -0.15) is 0 Å². The van der Waals surface area contributed by atoms with Crippen LogP contribution in [-0.2, 0) is 13.1 Å². The van der Waals surface area contributed by atoms with Crippen LogP contribution in [0.3, 0.4) is 0 Å². The molecule has 2 rings (SSSR count). The van der Waals surface area contributed by atoms with Crippen LogP contribution in [0.1, 0.15) is 37.8 Å². The van der Waals surface area contributed by atoms with Gasteiger partial charge in [0, 0.05) is 25.7 Å². The van der Waals surface area contributed by atoms with Gasteiger partial charge in [0.15, 0.2) is 0 Å². The molecule has 1 aromatic carbocycles. The van der Waals surface area contributed by atoms with Crippen LogP contribution in [0.5, 0.6) is 0 Å². The lowest BCUT2D eigenvalue weighted by atomic mass is 10.1. The molecule has 1 aliphatic carbocycles. The molecule has 1 fully saturated rings. The molecule has 2 nitrogen and oxygen atoms in total. The molecule has 1 aliphatic rings. The molecule has 0 amide bonds. The lowest BCUT2D eigenvalue weighted by molar-refractivity contribution is 0.203. The first-order chi connectivity index (χ1) is 8.20. The molecule has 0 spiro atoms. The van der Waals surface area contributed by atoms with E-state index in [4.69, 9.17) is 5.73 Å². The van der Waals surface area contributed by atoms with Crippen LogP contribution in [0, 0.1) is 5.92 Å². The van der Waals surface area contributed by atoms with Crippen molar-refractivity contribution in [2.24, 2.45) is 11.7 Å². The lowest BCUT2D eigenvalue weighted by Crippen LogP contribution is -2.32. The minimum atomic E-state index is 0.612. The molecule has 0 radical (unpaired) electrons. The number of hydrogen-bond donors (Lipinski definition) is 1. The third kappa shape index (κ3) is 3.55. The van der Waals surface area contributed by atoms with Crippen molar-refractivity contribution in [1.29, 1.82) is 0 Å². The van der Waals surface area contributed by atoms with Crippen molar-refractivity contribution in [3.05, 3.63) is 35.4 Å². The number of benzene rings is 1. The smallest absolute Gasteiger partial charge is 0.0239 e. The van der Waals surface area contributed by atoms with Crippen molar-refractivity contribution in [1.82, 2.24) is 4.90 Å². The molecule has 17 heavy (non-hydrogen) atoms. The number of nitrogens with two attached hydrogens (primary N) is 1. The predicted octanol–water partition coefficient (Wildman–Crippen LogP) is 2.77. The summed E-state index contributed by atoms with van der Waals surface area (Å²) >= 11 is 0. The summed E-state index contributed by atoms with van der Waals surface area (Å²) in [5, 5.41) is 0. The molecule has 0 heterocycles. The van der Waals surface area contributed by atoms with Crippen molar-refractivity contribution >= 4 is 0 Å². The Morgan fingerprint density at radius 3 is 2.41 bits per heavy atom. The number of nitrogens with zero attached hydrogens (tertiary/aromatic N) is 1. The maximum Gasteiger partial charge on any atom is 0.0239 e. The van der Waals surface area contributed by atoms with Gasteiger partial charge in [0.05, 0.1) is 0 Å². The van der Waals surface area contributed by atoms with Gasteiger partial charge in [-0.1, -0.05) is 24.3 Å². The Hall–Kier alpha value is -0.860. The second kappa shape index (κ2) is 5.65. The Balaban J connectivity index is 2.04. The molecular formula is C15H24N2. The normalized spacial score (nSPS) is 15.8. The quantitative estimate of drug-likeness (QED) is 0.817. The zero-order chi connectivity index (χ0) is 12.3.